The standard InChI is InChI=1S/C19H16F2N6O/c20-14-4-2-1-3-11(14)17-25-18(23-10-5-6-15(21)22-7-10)27-19(26-17)24-16-12-8-28-9-13(12)16/h1-7,12-13,16H,8-9H2,(H2,23,24,25,26,27). The van der Waals surface area contributed by atoms with Crippen LogP contribution in [0.5, 0.6) is 0 Å². The summed E-state index contributed by atoms with van der Waals surface area (Å²) in [6.07, 6.45) is 1.33. The van der Waals surface area contributed by atoms with Crippen LogP contribution in [0.25, 0.3) is 11.4 Å². The van der Waals surface area contributed by atoms with E-state index in [9.17, 15) is 8.78 Å². The molecule has 142 valence electrons. The Kier molecular flexibility index (Phi) is 4.09. The van der Waals surface area contributed by atoms with Crippen LogP contribution in [-0.2, 0) is 4.74 Å². The summed E-state index contributed by atoms with van der Waals surface area (Å²) in [6.45, 7) is 1.44. The van der Waals surface area contributed by atoms with Crippen molar-refractivity contribution in [3.05, 3.63) is 54.4 Å². The van der Waals surface area contributed by atoms with Crippen molar-refractivity contribution in [2.75, 3.05) is 23.8 Å². The number of pyridine rings is 1. The molecule has 0 amide bonds. The quantitative estimate of drug-likeness (QED) is 0.656. The number of benzene rings is 1. The van der Waals surface area contributed by atoms with Gasteiger partial charge in [-0.15, -0.1) is 0 Å². The van der Waals surface area contributed by atoms with Crippen molar-refractivity contribution in [3.63, 3.8) is 0 Å². The second-order valence-electron chi connectivity index (χ2n) is 6.82. The van der Waals surface area contributed by atoms with Gasteiger partial charge in [0, 0.05) is 17.9 Å². The number of hydrogen-bond acceptors (Lipinski definition) is 7. The van der Waals surface area contributed by atoms with Gasteiger partial charge in [0.05, 0.1) is 30.7 Å². The summed E-state index contributed by atoms with van der Waals surface area (Å²) >= 11 is 0. The highest BCUT2D eigenvalue weighted by atomic mass is 19.1. The highest BCUT2D eigenvalue weighted by molar-refractivity contribution is 5.61. The Balaban J connectivity index is 1.48. The maximum atomic E-state index is 14.3. The lowest BCUT2D eigenvalue weighted by atomic mass is 10.2. The summed E-state index contributed by atoms with van der Waals surface area (Å²) in [5.74, 6) is 0.660. The molecule has 2 aromatic heterocycles. The minimum atomic E-state index is -0.585. The predicted octanol–water partition coefficient (Wildman–Crippen LogP) is 3.01. The number of fused-ring (bicyclic) bond motifs is 1. The molecule has 1 saturated heterocycles. The monoisotopic (exact) mass is 382 g/mol. The molecule has 1 saturated carbocycles. The number of halogens is 2. The zero-order valence-corrected chi connectivity index (χ0v) is 14.6. The van der Waals surface area contributed by atoms with Gasteiger partial charge in [0.15, 0.2) is 5.82 Å². The molecule has 2 unspecified atom stereocenters. The average molecular weight is 382 g/mol. The van der Waals surface area contributed by atoms with Gasteiger partial charge in [-0.2, -0.15) is 19.3 Å². The van der Waals surface area contributed by atoms with E-state index in [1.807, 2.05) is 0 Å². The van der Waals surface area contributed by atoms with Gasteiger partial charge in [-0.3, -0.25) is 0 Å². The first-order valence-corrected chi connectivity index (χ1v) is 8.91. The molecule has 2 fully saturated rings. The average Bonchev–Trinajstić information content (AvgIpc) is 3.11. The van der Waals surface area contributed by atoms with Gasteiger partial charge in [-0.25, -0.2) is 9.37 Å². The van der Waals surface area contributed by atoms with E-state index in [4.69, 9.17) is 4.74 Å². The van der Waals surface area contributed by atoms with Crippen LogP contribution < -0.4 is 10.6 Å². The van der Waals surface area contributed by atoms with Crippen LogP contribution in [0.3, 0.4) is 0 Å². The molecule has 28 heavy (non-hydrogen) atoms. The maximum absolute atomic E-state index is 14.3. The molecule has 0 radical (unpaired) electrons. The number of anilines is 3. The van der Waals surface area contributed by atoms with Crippen molar-refractivity contribution in [3.8, 4) is 11.4 Å². The molecule has 0 bridgehead atoms. The van der Waals surface area contributed by atoms with Crippen molar-refractivity contribution in [1.29, 1.82) is 0 Å². The third-order valence-corrected chi connectivity index (χ3v) is 4.98. The molecular formula is C19H16F2N6O. The van der Waals surface area contributed by atoms with E-state index in [1.54, 1.807) is 18.2 Å². The Morgan fingerprint density at radius 1 is 0.929 bits per heavy atom. The van der Waals surface area contributed by atoms with E-state index in [1.165, 1.54) is 24.4 Å². The summed E-state index contributed by atoms with van der Waals surface area (Å²) in [6, 6.07) is 9.27. The van der Waals surface area contributed by atoms with Gasteiger partial charge < -0.3 is 15.4 Å². The Morgan fingerprint density at radius 2 is 1.71 bits per heavy atom. The van der Waals surface area contributed by atoms with Crippen LogP contribution in [-0.4, -0.2) is 39.2 Å². The Hall–Kier alpha value is -3.20. The van der Waals surface area contributed by atoms with E-state index < -0.39 is 11.8 Å². The second kappa shape index (κ2) is 6.75. The number of rotatable bonds is 5. The van der Waals surface area contributed by atoms with Gasteiger partial charge in [-0.1, -0.05) is 12.1 Å². The summed E-state index contributed by atoms with van der Waals surface area (Å²) in [5.41, 5.74) is 0.780. The largest absolute Gasteiger partial charge is 0.381 e. The number of ether oxygens (including phenoxy) is 1. The fourth-order valence-electron chi connectivity index (χ4n) is 3.44. The molecule has 2 atom stereocenters. The van der Waals surface area contributed by atoms with Crippen molar-refractivity contribution >= 4 is 17.6 Å². The lowest BCUT2D eigenvalue weighted by Crippen LogP contribution is -2.16. The van der Waals surface area contributed by atoms with Crippen molar-refractivity contribution in [2.45, 2.75) is 6.04 Å². The third kappa shape index (κ3) is 3.24. The van der Waals surface area contributed by atoms with Gasteiger partial charge in [0.1, 0.15) is 5.82 Å². The number of aromatic nitrogens is 4. The lowest BCUT2D eigenvalue weighted by molar-refractivity contribution is 0.162. The fourth-order valence-corrected chi connectivity index (χ4v) is 3.44. The topological polar surface area (TPSA) is 84.9 Å². The van der Waals surface area contributed by atoms with Gasteiger partial charge in [-0.05, 0) is 24.3 Å². The molecule has 2 aliphatic rings. The van der Waals surface area contributed by atoms with Gasteiger partial charge >= 0.3 is 0 Å². The molecule has 1 aromatic carbocycles. The minimum absolute atomic E-state index is 0.204. The molecular weight excluding hydrogens is 366 g/mol. The highest BCUT2D eigenvalue weighted by Crippen LogP contribution is 2.45. The molecule has 9 heteroatoms. The van der Waals surface area contributed by atoms with Crippen molar-refractivity contribution < 1.29 is 13.5 Å². The van der Waals surface area contributed by atoms with Gasteiger partial charge in [0.25, 0.3) is 0 Å². The summed E-state index contributed by atoms with van der Waals surface area (Å²) in [7, 11) is 0. The molecule has 3 heterocycles. The van der Waals surface area contributed by atoms with E-state index in [-0.39, 0.29) is 23.4 Å². The Morgan fingerprint density at radius 3 is 2.46 bits per heavy atom. The number of hydrogen-bond donors (Lipinski definition) is 2. The molecule has 1 aliphatic carbocycles. The zero-order valence-electron chi connectivity index (χ0n) is 14.6. The van der Waals surface area contributed by atoms with Crippen LogP contribution in [0.15, 0.2) is 42.6 Å². The molecule has 5 rings (SSSR count). The molecule has 2 N–H and O–H groups in total. The van der Waals surface area contributed by atoms with Crippen LogP contribution in [0.2, 0.25) is 0 Å². The fraction of sp³-hybridized carbons (Fsp3) is 0.263. The van der Waals surface area contributed by atoms with E-state index in [0.717, 1.165) is 13.2 Å². The molecule has 3 aromatic rings. The summed E-state index contributed by atoms with van der Waals surface area (Å²) < 4.78 is 32.7. The van der Waals surface area contributed by atoms with Crippen LogP contribution in [0, 0.1) is 23.6 Å². The Labute approximate surface area is 159 Å². The van der Waals surface area contributed by atoms with Crippen molar-refractivity contribution in [2.24, 2.45) is 11.8 Å². The first-order valence-electron chi connectivity index (χ1n) is 8.91. The SMILES string of the molecule is Fc1ccc(Nc2nc(NC3C4COCC43)nc(-c3ccccc3F)n2)cn1. The second-order valence-corrected chi connectivity index (χ2v) is 6.82. The minimum Gasteiger partial charge on any atom is -0.381 e. The third-order valence-electron chi connectivity index (χ3n) is 4.98. The van der Waals surface area contributed by atoms with Crippen LogP contribution in [0.4, 0.5) is 26.4 Å². The zero-order chi connectivity index (χ0) is 19.1. The summed E-state index contributed by atoms with van der Waals surface area (Å²) in [5, 5.41) is 6.27. The number of nitrogens with one attached hydrogen (secondary N) is 2. The Bertz CT molecular complexity index is 1010. The van der Waals surface area contributed by atoms with Crippen LogP contribution in [0.1, 0.15) is 0 Å². The van der Waals surface area contributed by atoms with Crippen LogP contribution >= 0.6 is 0 Å². The van der Waals surface area contributed by atoms with E-state index >= 15 is 0 Å². The number of nitrogens with zero attached hydrogens (tertiary/aromatic N) is 4. The highest BCUT2D eigenvalue weighted by Gasteiger charge is 2.54. The first-order chi connectivity index (χ1) is 13.7. The molecule has 1 aliphatic heterocycles. The normalized spacial score (nSPS) is 22.6. The van der Waals surface area contributed by atoms with E-state index in [0.29, 0.717) is 23.5 Å². The molecule has 0 spiro atoms. The summed E-state index contributed by atoms with van der Waals surface area (Å²) in [4.78, 5) is 16.7. The van der Waals surface area contributed by atoms with Crippen molar-refractivity contribution in [1.82, 2.24) is 19.9 Å². The van der Waals surface area contributed by atoms with Gasteiger partial charge in [0.2, 0.25) is 17.8 Å². The molecule has 7 nitrogen and oxygen atoms in total. The first kappa shape index (κ1) is 16.9. The smallest absolute Gasteiger partial charge is 0.232 e. The lowest BCUT2D eigenvalue weighted by Gasteiger charge is -2.12. The van der Waals surface area contributed by atoms with E-state index in [2.05, 4.69) is 30.6 Å². The maximum Gasteiger partial charge on any atom is 0.232 e. The predicted molar refractivity (Wildman–Crippen MR) is 97.9 cm³/mol.